The number of hydroxylamine groups is 1. The molecule has 2 unspecified atom stereocenters. The van der Waals surface area contributed by atoms with Crippen LogP contribution in [-0.4, -0.2) is 37.9 Å². The van der Waals surface area contributed by atoms with Gasteiger partial charge in [-0.3, -0.25) is 25.2 Å². The first-order valence-corrected chi connectivity index (χ1v) is 12.2. The summed E-state index contributed by atoms with van der Waals surface area (Å²) in [4.78, 5) is 38.9. The summed E-state index contributed by atoms with van der Waals surface area (Å²) in [6.45, 7) is 0. The lowest BCUT2D eigenvalue weighted by atomic mass is 10.1. The SMILES string of the molecule is O=C1/C(=C\c2ccccc2)N=C(c2ccccc2)N1/N=C1/N=C2NOC(c3cccc([N+](=O)[O-])c3)C2S1. The number of non-ortho nitro benzene ring substituents is 1. The third kappa shape index (κ3) is 4.41. The number of fused-ring (bicyclic) bond motifs is 1. The first kappa shape index (κ1) is 22.8. The molecular formula is C26H18N6O4S. The van der Waals surface area contributed by atoms with Crippen LogP contribution in [0.3, 0.4) is 0 Å². The van der Waals surface area contributed by atoms with Gasteiger partial charge in [0, 0.05) is 17.7 Å². The Hall–Kier alpha value is -4.61. The van der Waals surface area contributed by atoms with Gasteiger partial charge in [0.2, 0.25) is 5.17 Å². The van der Waals surface area contributed by atoms with Crippen molar-refractivity contribution in [1.82, 2.24) is 10.5 Å². The van der Waals surface area contributed by atoms with Crippen LogP contribution in [0.25, 0.3) is 6.08 Å². The predicted octanol–water partition coefficient (Wildman–Crippen LogP) is 4.29. The Morgan fingerprint density at radius 2 is 1.78 bits per heavy atom. The number of nitrogens with zero attached hydrogens (tertiary/aromatic N) is 5. The molecule has 0 radical (unpaired) electrons. The molecule has 0 spiro atoms. The zero-order valence-electron chi connectivity index (χ0n) is 19.1. The van der Waals surface area contributed by atoms with Crippen LogP contribution in [0.15, 0.2) is 106 Å². The summed E-state index contributed by atoms with van der Waals surface area (Å²) in [6, 6.07) is 25.1. The lowest BCUT2D eigenvalue weighted by Gasteiger charge is -2.14. The van der Waals surface area contributed by atoms with E-state index < -0.39 is 11.0 Å². The number of nitrogens with one attached hydrogen (secondary N) is 1. The molecule has 0 saturated carbocycles. The molecule has 0 aliphatic carbocycles. The molecule has 1 fully saturated rings. The lowest BCUT2D eigenvalue weighted by molar-refractivity contribution is -0.385. The smallest absolute Gasteiger partial charge is 0.265 e. The molecule has 182 valence electrons. The minimum absolute atomic E-state index is 0.0208. The number of thioether (sulfide) groups is 1. The number of nitro benzene ring substituents is 1. The van der Waals surface area contributed by atoms with Crippen LogP contribution in [0.4, 0.5) is 5.69 Å². The van der Waals surface area contributed by atoms with E-state index in [1.807, 2.05) is 60.7 Å². The van der Waals surface area contributed by atoms with Crippen molar-refractivity contribution in [1.29, 1.82) is 0 Å². The van der Waals surface area contributed by atoms with Crippen molar-refractivity contribution in [3.63, 3.8) is 0 Å². The van der Waals surface area contributed by atoms with Crippen LogP contribution in [0.2, 0.25) is 0 Å². The second-order valence-corrected chi connectivity index (χ2v) is 9.38. The first-order chi connectivity index (χ1) is 18.1. The van der Waals surface area contributed by atoms with Crippen molar-refractivity contribution in [3.05, 3.63) is 117 Å². The molecule has 3 aromatic carbocycles. The minimum atomic E-state index is -0.513. The summed E-state index contributed by atoms with van der Waals surface area (Å²) in [5.41, 5.74) is 5.27. The highest BCUT2D eigenvalue weighted by Crippen LogP contribution is 2.40. The molecule has 0 aromatic heterocycles. The number of nitro groups is 1. The molecule has 1 amide bonds. The van der Waals surface area contributed by atoms with E-state index in [4.69, 9.17) is 4.84 Å². The third-order valence-electron chi connectivity index (χ3n) is 5.85. The van der Waals surface area contributed by atoms with Crippen LogP contribution >= 0.6 is 11.8 Å². The second-order valence-electron chi connectivity index (χ2n) is 8.27. The molecule has 0 bridgehead atoms. The highest BCUT2D eigenvalue weighted by Gasteiger charge is 2.43. The van der Waals surface area contributed by atoms with Crippen LogP contribution in [0, 0.1) is 10.1 Å². The zero-order chi connectivity index (χ0) is 25.4. The summed E-state index contributed by atoms with van der Waals surface area (Å²) >= 11 is 1.31. The van der Waals surface area contributed by atoms with E-state index in [9.17, 15) is 14.9 Å². The Kier molecular flexibility index (Phi) is 5.83. The van der Waals surface area contributed by atoms with Crippen LogP contribution in [0.1, 0.15) is 22.8 Å². The Morgan fingerprint density at radius 1 is 1.03 bits per heavy atom. The summed E-state index contributed by atoms with van der Waals surface area (Å²) in [5, 5.41) is 17.1. The van der Waals surface area contributed by atoms with E-state index in [1.165, 1.54) is 28.9 Å². The largest absolute Gasteiger partial charge is 0.298 e. The quantitative estimate of drug-likeness (QED) is 0.311. The third-order valence-corrected chi connectivity index (χ3v) is 6.96. The monoisotopic (exact) mass is 510 g/mol. The van der Waals surface area contributed by atoms with E-state index in [-0.39, 0.29) is 22.5 Å². The van der Waals surface area contributed by atoms with Gasteiger partial charge in [0.15, 0.2) is 5.84 Å². The number of benzene rings is 3. The van der Waals surface area contributed by atoms with Gasteiger partial charge in [-0.25, -0.2) is 9.98 Å². The molecule has 3 heterocycles. The number of carbonyl (C=O) groups excluding carboxylic acids is 1. The highest BCUT2D eigenvalue weighted by atomic mass is 32.2. The zero-order valence-corrected chi connectivity index (χ0v) is 19.9. The van der Waals surface area contributed by atoms with Crippen molar-refractivity contribution < 1.29 is 14.6 Å². The van der Waals surface area contributed by atoms with Gasteiger partial charge in [-0.05, 0) is 17.2 Å². The predicted molar refractivity (Wildman–Crippen MR) is 141 cm³/mol. The molecule has 37 heavy (non-hydrogen) atoms. The molecule has 10 nitrogen and oxygen atoms in total. The Morgan fingerprint density at radius 3 is 2.54 bits per heavy atom. The van der Waals surface area contributed by atoms with Crippen molar-refractivity contribution in [2.75, 3.05) is 0 Å². The number of amidine groups is 3. The van der Waals surface area contributed by atoms with Crippen LogP contribution in [-0.2, 0) is 9.63 Å². The number of rotatable bonds is 5. The topological polar surface area (TPSA) is 122 Å². The normalized spacial score (nSPS) is 22.7. The molecule has 3 aliphatic rings. The molecule has 1 N–H and O–H groups in total. The molecule has 3 aromatic rings. The fraction of sp³-hybridized carbons (Fsp3) is 0.0769. The van der Waals surface area contributed by atoms with Crippen LogP contribution in [0.5, 0.6) is 0 Å². The lowest BCUT2D eigenvalue weighted by Crippen LogP contribution is -2.28. The number of hydrazone groups is 1. The van der Waals surface area contributed by atoms with Gasteiger partial charge in [-0.1, -0.05) is 84.6 Å². The minimum Gasteiger partial charge on any atom is -0.265 e. The maximum absolute atomic E-state index is 13.4. The fourth-order valence-electron chi connectivity index (χ4n) is 4.11. The Bertz CT molecular complexity index is 1520. The van der Waals surface area contributed by atoms with Gasteiger partial charge in [0.05, 0.1) is 4.92 Å². The fourth-order valence-corrected chi connectivity index (χ4v) is 5.16. The summed E-state index contributed by atoms with van der Waals surface area (Å²) < 4.78 is 0. The van der Waals surface area contributed by atoms with Gasteiger partial charge in [0.25, 0.3) is 11.6 Å². The van der Waals surface area contributed by atoms with E-state index in [2.05, 4.69) is 20.6 Å². The highest BCUT2D eigenvalue weighted by molar-refractivity contribution is 8.15. The molecule has 6 rings (SSSR count). The van der Waals surface area contributed by atoms with E-state index in [0.29, 0.717) is 22.4 Å². The summed E-state index contributed by atoms with van der Waals surface area (Å²) in [6.07, 6.45) is 1.21. The number of aliphatic imine (C=N–C) groups is 2. The maximum atomic E-state index is 13.4. The number of hydrogen-bond acceptors (Lipinski definition) is 8. The van der Waals surface area contributed by atoms with E-state index in [0.717, 1.165) is 11.1 Å². The average molecular weight is 511 g/mol. The van der Waals surface area contributed by atoms with Crippen molar-refractivity contribution in [2.45, 2.75) is 11.4 Å². The standard InChI is InChI=1S/C26H18N6O4S/c33-25-20(14-16-8-3-1-4-9-16)27-24(17-10-5-2-6-11-17)31(25)29-26-28-23-22(37-26)21(36-30-23)18-12-7-13-19(15-18)32(34)35/h1-15,21-22H,(H,28,29,30)/b20-14+. The number of hydrogen-bond donors (Lipinski definition) is 1. The van der Waals surface area contributed by atoms with Crippen LogP contribution < -0.4 is 5.48 Å². The summed E-state index contributed by atoms with van der Waals surface area (Å²) in [5.74, 6) is 0.565. The van der Waals surface area contributed by atoms with Gasteiger partial charge in [-0.2, -0.15) is 5.01 Å². The summed E-state index contributed by atoms with van der Waals surface area (Å²) in [7, 11) is 0. The molecule has 2 atom stereocenters. The van der Waals surface area contributed by atoms with E-state index in [1.54, 1.807) is 18.2 Å². The first-order valence-electron chi connectivity index (χ1n) is 11.3. The molecular weight excluding hydrogens is 492 g/mol. The van der Waals surface area contributed by atoms with Gasteiger partial charge < -0.3 is 0 Å². The maximum Gasteiger partial charge on any atom is 0.298 e. The van der Waals surface area contributed by atoms with Crippen molar-refractivity contribution in [3.8, 4) is 0 Å². The van der Waals surface area contributed by atoms with Crippen molar-refractivity contribution >= 4 is 46.3 Å². The second kappa shape index (κ2) is 9.45. The van der Waals surface area contributed by atoms with Gasteiger partial charge in [0.1, 0.15) is 22.9 Å². The van der Waals surface area contributed by atoms with Crippen molar-refractivity contribution in [2.24, 2.45) is 15.1 Å². The van der Waals surface area contributed by atoms with Gasteiger partial charge in [-0.15, -0.1) is 5.10 Å². The Balaban J connectivity index is 1.31. The molecule has 1 saturated heterocycles. The Labute approximate surface area is 215 Å². The number of carbonyl (C=O) groups is 1. The molecule has 3 aliphatic heterocycles. The molecule has 11 heteroatoms. The number of amides is 1. The van der Waals surface area contributed by atoms with Gasteiger partial charge >= 0.3 is 0 Å². The van der Waals surface area contributed by atoms with E-state index >= 15 is 0 Å². The average Bonchev–Trinajstić information content (AvgIpc) is 3.59.